The molecule has 2 N–H and O–H groups in total. The first-order valence-corrected chi connectivity index (χ1v) is 4.90. The van der Waals surface area contributed by atoms with Gasteiger partial charge in [0.1, 0.15) is 5.54 Å². The fourth-order valence-electron chi connectivity index (χ4n) is 1.25. The zero-order valence-corrected chi connectivity index (χ0v) is 8.67. The second-order valence-corrected chi connectivity index (χ2v) is 4.55. The number of ether oxygens (including phenoxy) is 1. The zero-order chi connectivity index (χ0) is 10.1. The van der Waals surface area contributed by atoms with Crippen LogP contribution in [0, 0.1) is 11.8 Å². The van der Waals surface area contributed by atoms with E-state index in [1.54, 1.807) is 6.92 Å². The predicted molar refractivity (Wildman–Crippen MR) is 51.1 cm³/mol. The molecule has 1 fully saturated rings. The predicted octanol–water partition coefficient (Wildman–Crippen LogP) is 1.31. The quantitative estimate of drug-likeness (QED) is 0.672. The number of hydrogen-bond donors (Lipinski definition) is 1. The lowest BCUT2D eigenvalue weighted by Gasteiger charge is -2.22. The average molecular weight is 185 g/mol. The summed E-state index contributed by atoms with van der Waals surface area (Å²) in [6.45, 7) is 6.27. The maximum atomic E-state index is 11.5. The van der Waals surface area contributed by atoms with Crippen molar-refractivity contribution in [3.63, 3.8) is 0 Å². The van der Waals surface area contributed by atoms with Crippen LogP contribution >= 0.6 is 0 Å². The molecule has 76 valence electrons. The standard InChI is InChI=1S/C10H19NO2/c1-7(2)6-13-9(12)10(3,11)8-4-5-8/h7-8H,4-6,11H2,1-3H3. The van der Waals surface area contributed by atoms with Gasteiger partial charge in [-0.05, 0) is 31.6 Å². The van der Waals surface area contributed by atoms with E-state index in [1.807, 2.05) is 13.8 Å². The smallest absolute Gasteiger partial charge is 0.326 e. The van der Waals surface area contributed by atoms with Crippen molar-refractivity contribution in [1.82, 2.24) is 0 Å². The molecule has 1 aliphatic rings. The second kappa shape index (κ2) is 3.66. The Kier molecular flexibility index (Phi) is 2.96. The molecule has 1 rings (SSSR count). The van der Waals surface area contributed by atoms with Gasteiger partial charge in [0, 0.05) is 0 Å². The van der Waals surface area contributed by atoms with Crippen LogP contribution in [0.2, 0.25) is 0 Å². The van der Waals surface area contributed by atoms with Crippen LogP contribution in [0.1, 0.15) is 33.6 Å². The summed E-state index contributed by atoms with van der Waals surface area (Å²) < 4.78 is 5.11. The Hall–Kier alpha value is -0.570. The molecule has 0 heterocycles. The Morgan fingerprint density at radius 1 is 1.62 bits per heavy atom. The van der Waals surface area contributed by atoms with E-state index >= 15 is 0 Å². The maximum absolute atomic E-state index is 11.5. The first-order chi connectivity index (χ1) is 5.94. The molecule has 0 aliphatic heterocycles. The average Bonchev–Trinajstić information content (AvgIpc) is 2.81. The first-order valence-electron chi connectivity index (χ1n) is 4.90. The Labute approximate surface area is 79.6 Å². The molecular weight excluding hydrogens is 166 g/mol. The molecule has 0 bridgehead atoms. The van der Waals surface area contributed by atoms with E-state index in [2.05, 4.69) is 0 Å². The topological polar surface area (TPSA) is 52.3 Å². The van der Waals surface area contributed by atoms with Crippen LogP contribution in [0.15, 0.2) is 0 Å². The van der Waals surface area contributed by atoms with Gasteiger partial charge in [0.15, 0.2) is 0 Å². The molecule has 1 atom stereocenters. The third-order valence-corrected chi connectivity index (χ3v) is 2.41. The summed E-state index contributed by atoms with van der Waals surface area (Å²) in [4.78, 5) is 11.5. The molecule has 3 nitrogen and oxygen atoms in total. The fraction of sp³-hybridized carbons (Fsp3) is 0.900. The summed E-state index contributed by atoms with van der Waals surface area (Å²) in [5.41, 5.74) is 5.12. The van der Waals surface area contributed by atoms with Crippen LogP contribution in [0.4, 0.5) is 0 Å². The summed E-state index contributed by atoms with van der Waals surface area (Å²) in [6, 6.07) is 0. The number of nitrogens with two attached hydrogens (primary N) is 1. The molecule has 1 saturated carbocycles. The van der Waals surface area contributed by atoms with Crippen LogP contribution in [0.5, 0.6) is 0 Å². The molecule has 0 aromatic carbocycles. The highest BCUT2D eigenvalue weighted by molar-refractivity contribution is 5.80. The van der Waals surface area contributed by atoms with Gasteiger partial charge >= 0.3 is 5.97 Å². The summed E-state index contributed by atoms with van der Waals surface area (Å²) in [5.74, 6) is 0.467. The van der Waals surface area contributed by atoms with Gasteiger partial charge in [0.05, 0.1) is 6.61 Å². The minimum absolute atomic E-state index is 0.247. The van der Waals surface area contributed by atoms with Crippen LogP contribution in [0.3, 0.4) is 0 Å². The monoisotopic (exact) mass is 185 g/mol. The highest BCUT2D eigenvalue weighted by Crippen LogP contribution is 2.38. The highest BCUT2D eigenvalue weighted by atomic mass is 16.5. The molecule has 0 aromatic heterocycles. The number of esters is 1. The van der Waals surface area contributed by atoms with Crippen LogP contribution in [-0.4, -0.2) is 18.1 Å². The van der Waals surface area contributed by atoms with E-state index in [1.165, 1.54) is 0 Å². The second-order valence-electron chi connectivity index (χ2n) is 4.55. The lowest BCUT2D eigenvalue weighted by Crippen LogP contribution is -2.48. The largest absolute Gasteiger partial charge is 0.464 e. The number of hydrogen-bond acceptors (Lipinski definition) is 3. The van der Waals surface area contributed by atoms with Crippen LogP contribution in [-0.2, 0) is 9.53 Å². The molecule has 1 aliphatic carbocycles. The van der Waals surface area contributed by atoms with Gasteiger partial charge in [-0.1, -0.05) is 13.8 Å². The summed E-state index contributed by atoms with van der Waals surface area (Å²) >= 11 is 0. The van der Waals surface area contributed by atoms with Crippen molar-refractivity contribution < 1.29 is 9.53 Å². The molecule has 13 heavy (non-hydrogen) atoms. The Balaban J connectivity index is 2.37. The van der Waals surface area contributed by atoms with Crippen molar-refractivity contribution in [3.05, 3.63) is 0 Å². The van der Waals surface area contributed by atoms with Gasteiger partial charge in [-0.25, -0.2) is 0 Å². The molecule has 0 spiro atoms. The minimum Gasteiger partial charge on any atom is -0.464 e. The fourth-order valence-corrected chi connectivity index (χ4v) is 1.25. The molecular formula is C10H19NO2. The lowest BCUT2D eigenvalue weighted by molar-refractivity contribution is -0.151. The number of carbonyl (C=O) groups is 1. The number of rotatable bonds is 4. The molecule has 0 saturated heterocycles. The van der Waals surface area contributed by atoms with Crippen molar-refractivity contribution in [1.29, 1.82) is 0 Å². The van der Waals surface area contributed by atoms with Gasteiger partial charge in [-0.2, -0.15) is 0 Å². The van der Waals surface area contributed by atoms with Gasteiger partial charge in [0.2, 0.25) is 0 Å². The SMILES string of the molecule is CC(C)COC(=O)C(C)(N)C1CC1. The van der Waals surface area contributed by atoms with Crippen molar-refractivity contribution in [2.45, 2.75) is 39.2 Å². The van der Waals surface area contributed by atoms with Gasteiger partial charge < -0.3 is 10.5 Å². The lowest BCUT2D eigenvalue weighted by atomic mass is 9.98. The Morgan fingerprint density at radius 3 is 2.54 bits per heavy atom. The minimum atomic E-state index is -0.755. The normalized spacial score (nSPS) is 21.3. The zero-order valence-electron chi connectivity index (χ0n) is 8.67. The van der Waals surface area contributed by atoms with Crippen molar-refractivity contribution >= 4 is 5.97 Å². The van der Waals surface area contributed by atoms with Gasteiger partial charge in [0.25, 0.3) is 0 Å². The molecule has 1 unspecified atom stereocenters. The summed E-state index contributed by atoms with van der Waals surface area (Å²) in [7, 11) is 0. The van der Waals surface area contributed by atoms with Crippen molar-refractivity contribution in [3.8, 4) is 0 Å². The van der Waals surface area contributed by atoms with Gasteiger partial charge in [-0.3, -0.25) is 4.79 Å². The Bertz CT molecular complexity index is 195. The molecule has 0 radical (unpaired) electrons. The molecule has 3 heteroatoms. The molecule has 0 aromatic rings. The Morgan fingerprint density at radius 2 is 2.15 bits per heavy atom. The van der Waals surface area contributed by atoms with Crippen molar-refractivity contribution in [2.75, 3.05) is 6.61 Å². The third kappa shape index (κ3) is 2.69. The van der Waals surface area contributed by atoms with E-state index in [4.69, 9.17) is 10.5 Å². The van der Waals surface area contributed by atoms with Crippen molar-refractivity contribution in [2.24, 2.45) is 17.6 Å². The first kappa shape index (κ1) is 10.5. The van der Waals surface area contributed by atoms with E-state index < -0.39 is 5.54 Å². The third-order valence-electron chi connectivity index (χ3n) is 2.41. The summed E-state index contributed by atoms with van der Waals surface area (Å²) in [5, 5.41) is 0. The highest BCUT2D eigenvalue weighted by Gasteiger charge is 2.45. The number of carbonyl (C=O) groups excluding carboxylic acids is 1. The van der Waals surface area contributed by atoms with Gasteiger partial charge in [-0.15, -0.1) is 0 Å². The maximum Gasteiger partial charge on any atom is 0.326 e. The van der Waals surface area contributed by atoms with Crippen LogP contribution in [0.25, 0.3) is 0 Å². The van der Waals surface area contributed by atoms with E-state index in [0.717, 1.165) is 12.8 Å². The van der Waals surface area contributed by atoms with E-state index in [0.29, 0.717) is 18.4 Å². The molecule has 0 amide bonds. The summed E-state index contributed by atoms with van der Waals surface area (Å²) in [6.07, 6.45) is 2.12. The van der Waals surface area contributed by atoms with E-state index in [9.17, 15) is 4.79 Å². The van der Waals surface area contributed by atoms with E-state index in [-0.39, 0.29) is 5.97 Å². The van der Waals surface area contributed by atoms with Crippen LogP contribution < -0.4 is 5.73 Å².